The van der Waals surface area contributed by atoms with Crippen molar-refractivity contribution in [1.82, 2.24) is 44.8 Å². The van der Waals surface area contributed by atoms with E-state index in [4.69, 9.17) is 4.98 Å². The molecule has 2 atom stereocenters. The molecule has 176 valence electrons. The van der Waals surface area contributed by atoms with E-state index < -0.39 is 0 Å². The summed E-state index contributed by atoms with van der Waals surface area (Å²) in [5, 5.41) is 12.1. The lowest BCUT2D eigenvalue weighted by atomic mass is 9.90. The monoisotopic (exact) mass is 549 g/mol. The highest BCUT2D eigenvalue weighted by Gasteiger charge is 2.29. The van der Waals surface area contributed by atoms with Crippen molar-refractivity contribution in [2.45, 2.75) is 37.8 Å². The van der Waals surface area contributed by atoms with E-state index in [0.717, 1.165) is 52.0 Å². The summed E-state index contributed by atoms with van der Waals surface area (Å²) in [5.41, 5.74) is 2.51. The van der Waals surface area contributed by atoms with Gasteiger partial charge in [-0.15, -0.1) is 16.1 Å². The lowest BCUT2D eigenvalue weighted by Crippen LogP contribution is -2.39. The number of imidazole rings is 1. The predicted molar refractivity (Wildman–Crippen MR) is 134 cm³/mol. The van der Waals surface area contributed by atoms with Crippen molar-refractivity contribution in [3.8, 4) is 17.3 Å². The molecule has 1 N–H and O–H groups in total. The summed E-state index contributed by atoms with van der Waals surface area (Å²) in [4.78, 5) is 32.4. The molecule has 6 rings (SSSR count). The third-order valence-electron chi connectivity index (χ3n) is 6.10. The third-order valence-corrected chi connectivity index (χ3v) is 7.57. The van der Waals surface area contributed by atoms with Crippen LogP contribution in [0.4, 0.5) is 0 Å². The Bertz CT molecular complexity index is 1480. The molecule has 0 spiro atoms. The van der Waals surface area contributed by atoms with E-state index in [0.29, 0.717) is 10.8 Å². The largest absolute Gasteiger partial charge is 0.347 e. The van der Waals surface area contributed by atoms with Crippen LogP contribution in [0.3, 0.4) is 0 Å². The molecule has 0 aromatic carbocycles. The molecule has 1 fully saturated rings. The van der Waals surface area contributed by atoms with Gasteiger partial charge in [-0.3, -0.25) is 9.78 Å². The number of aromatic nitrogens is 8. The highest BCUT2D eigenvalue weighted by atomic mass is 79.9. The summed E-state index contributed by atoms with van der Waals surface area (Å²) in [6.45, 7) is 0. The molecule has 35 heavy (non-hydrogen) atoms. The lowest BCUT2D eigenvalue weighted by molar-refractivity contribution is 0.0920. The summed E-state index contributed by atoms with van der Waals surface area (Å²) in [6.07, 6.45) is 12.1. The Kier molecular flexibility index (Phi) is 5.82. The standard InChI is InChI=1S/C23H20BrN9OS/c24-19-13-27-23(35-19)22(34)30-14-4-3-5-15(10-14)32-18-11-20(33-28-8-9-29-33)26-12-17(18)31-21(32)16-6-1-2-7-25-16/h1-2,6-9,11-15H,3-5,10H2,(H,30,34)/t14-,15+/m0/s1. The van der Waals surface area contributed by atoms with Crippen molar-refractivity contribution in [3.63, 3.8) is 0 Å². The Balaban J connectivity index is 1.38. The van der Waals surface area contributed by atoms with Gasteiger partial charge in [0.2, 0.25) is 0 Å². The van der Waals surface area contributed by atoms with Crippen LogP contribution in [-0.4, -0.2) is 51.4 Å². The van der Waals surface area contributed by atoms with Crippen LogP contribution in [-0.2, 0) is 0 Å². The number of halogens is 1. The minimum Gasteiger partial charge on any atom is -0.347 e. The summed E-state index contributed by atoms with van der Waals surface area (Å²) in [7, 11) is 0. The molecule has 12 heteroatoms. The first-order valence-electron chi connectivity index (χ1n) is 11.2. The van der Waals surface area contributed by atoms with E-state index in [1.807, 2.05) is 24.3 Å². The van der Waals surface area contributed by atoms with Crippen molar-refractivity contribution in [1.29, 1.82) is 0 Å². The SMILES string of the molecule is O=C(N[C@H]1CCC[C@@H](n2c(-c3ccccn3)nc3cnc(-n4nccn4)cc32)C1)c1ncc(Br)s1. The fraction of sp³-hybridized carbons (Fsp3) is 0.261. The van der Waals surface area contributed by atoms with E-state index in [1.54, 1.807) is 31.0 Å². The first kappa shape index (κ1) is 22.0. The molecule has 0 saturated heterocycles. The summed E-state index contributed by atoms with van der Waals surface area (Å²) in [6, 6.07) is 7.93. The number of thiazole rings is 1. The Morgan fingerprint density at radius 2 is 1.97 bits per heavy atom. The number of hydrogen-bond donors (Lipinski definition) is 1. The lowest BCUT2D eigenvalue weighted by Gasteiger charge is -2.31. The summed E-state index contributed by atoms with van der Waals surface area (Å²) < 4.78 is 3.08. The second kappa shape index (κ2) is 9.27. The molecule has 1 aliphatic rings. The van der Waals surface area contributed by atoms with Gasteiger partial charge in [-0.2, -0.15) is 10.2 Å². The molecule has 1 amide bonds. The highest BCUT2D eigenvalue weighted by Crippen LogP contribution is 2.36. The van der Waals surface area contributed by atoms with Crippen molar-refractivity contribution in [3.05, 3.63) is 64.0 Å². The van der Waals surface area contributed by atoms with E-state index >= 15 is 0 Å². The molecule has 1 aliphatic carbocycles. The average molecular weight is 550 g/mol. The minimum atomic E-state index is -0.136. The van der Waals surface area contributed by atoms with Gasteiger partial charge in [0.25, 0.3) is 5.91 Å². The smallest absolute Gasteiger partial charge is 0.280 e. The van der Waals surface area contributed by atoms with Crippen molar-refractivity contribution in [2.24, 2.45) is 0 Å². The molecule has 5 aromatic heterocycles. The van der Waals surface area contributed by atoms with Gasteiger partial charge in [-0.05, 0) is 53.7 Å². The zero-order valence-electron chi connectivity index (χ0n) is 18.5. The number of nitrogens with one attached hydrogen (secondary N) is 1. The number of amides is 1. The number of hydrogen-bond acceptors (Lipinski definition) is 8. The molecule has 10 nitrogen and oxygen atoms in total. The average Bonchev–Trinajstić information content (AvgIpc) is 3.64. The second-order valence-electron chi connectivity index (χ2n) is 8.33. The van der Waals surface area contributed by atoms with Crippen LogP contribution in [0, 0.1) is 0 Å². The van der Waals surface area contributed by atoms with Crippen LogP contribution in [0.25, 0.3) is 28.4 Å². The fourth-order valence-corrected chi connectivity index (χ4v) is 5.72. The summed E-state index contributed by atoms with van der Waals surface area (Å²) in [5.74, 6) is 1.27. The maximum Gasteiger partial charge on any atom is 0.280 e. The molecular formula is C23H20BrN9OS. The van der Waals surface area contributed by atoms with Crippen molar-refractivity contribution < 1.29 is 4.79 Å². The van der Waals surface area contributed by atoms with Gasteiger partial charge in [0.15, 0.2) is 16.6 Å². The maximum atomic E-state index is 12.8. The topological polar surface area (TPSA) is 116 Å². The fourth-order valence-electron chi connectivity index (χ4n) is 4.61. The third kappa shape index (κ3) is 4.34. The van der Waals surface area contributed by atoms with Crippen LogP contribution < -0.4 is 5.32 Å². The highest BCUT2D eigenvalue weighted by molar-refractivity contribution is 9.11. The van der Waals surface area contributed by atoms with E-state index in [2.05, 4.69) is 51.0 Å². The van der Waals surface area contributed by atoms with Crippen molar-refractivity contribution >= 4 is 44.2 Å². The van der Waals surface area contributed by atoms with Crippen LogP contribution in [0.5, 0.6) is 0 Å². The quantitative estimate of drug-likeness (QED) is 0.349. The number of fused-ring (bicyclic) bond motifs is 1. The molecule has 0 bridgehead atoms. The van der Waals surface area contributed by atoms with Gasteiger partial charge >= 0.3 is 0 Å². The van der Waals surface area contributed by atoms with Gasteiger partial charge in [-0.1, -0.05) is 6.07 Å². The number of pyridine rings is 2. The number of rotatable bonds is 5. The minimum absolute atomic E-state index is 0.0343. The molecule has 0 aliphatic heterocycles. The van der Waals surface area contributed by atoms with Crippen LogP contribution in [0.2, 0.25) is 0 Å². The first-order chi connectivity index (χ1) is 17.2. The van der Waals surface area contributed by atoms with Gasteiger partial charge in [0.1, 0.15) is 11.2 Å². The zero-order chi connectivity index (χ0) is 23.8. The number of carbonyl (C=O) groups excluding carboxylic acids is 1. The zero-order valence-corrected chi connectivity index (χ0v) is 20.9. The maximum absolute atomic E-state index is 12.8. The molecule has 0 radical (unpaired) electrons. The number of nitrogens with zero attached hydrogens (tertiary/aromatic N) is 8. The Morgan fingerprint density at radius 1 is 1.09 bits per heavy atom. The molecule has 0 unspecified atom stereocenters. The van der Waals surface area contributed by atoms with Crippen molar-refractivity contribution in [2.75, 3.05) is 0 Å². The van der Waals surface area contributed by atoms with Crippen LogP contribution in [0.15, 0.2) is 59.0 Å². The Morgan fingerprint density at radius 3 is 2.74 bits per heavy atom. The van der Waals surface area contributed by atoms with Gasteiger partial charge in [0.05, 0.1) is 34.1 Å². The Labute approximate surface area is 212 Å². The second-order valence-corrected chi connectivity index (χ2v) is 10.7. The molecule has 1 saturated carbocycles. The van der Waals surface area contributed by atoms with E-state index in [1.165, 1.54) is 16.1 Å². The Hall–Kier alpha value is -3.51. The first-order valence-corrected chi connectivity index (χ1v) is 12.8. The van der Waals surface area contributed by atoms with Crippen LogP contribution >= 0.6 is 27.3 Å². The van der Waals surface area contributed by atoms with E-state index in [-0.39, 0.29) is 18.0 Å². The van der Waals surface area contributed by atoms with Gasteiger partial charge in [-0.25, -0.2) is 15.0 Å². The van der Waals surface area contributed by atoms with Gasteiger partial charge in [0, 0.05) is 24.3 Å². The van der Waals surface area contributed by atoms with Crippen LogP contribution in [0.1, 0.15) is 41.5 Å². The summed E-state index contributed by atoms with van der Waals surface area (Å²) >= 11 is 4.71. The van der Waals surface area contributed by atoms with Gasteiger partial charge < -0.3 is 9.88 Å². The number of carbonyl (C=O) groups is 1. The molecule has 5 aromatic rings. The molecule has 5 heterocycles. The predicted octanol–water partition coefficient (Wildman–Crippen LogP) is 4.21. The van der Waals surface area contributed by atoms with E-state index in [9.17, 15) is 4.79 Å². The normalized spacial score (nSPS) is 18.1. The molecular weight excluding hydrogens is 530 g/mol.